The van der Waals surface area contributed by atoms with E-state index in [-0.39, 0.29) is 5.56 Å². The average molecular weight is 286 g/mol. The molecule has 4 nitrogen and oxygen atoms in total. The zero-order valence-corrected chi connectivity index (χ0v) is 11.0. The maximum absolute atomic E-state index is 11.9. The lowest BCUT2D eigenvalue weighted by Gasteiger charge is -2.09. The third-order valence-corrected chi connectivity index (χ3v) is 3.44. The zero-order chi connectivity index (χ0) is 11.5. The van der Waals surface area contributed by atoms with E-state index in [1.54, 1.807) is 10.9 Å². The minimum Gasteiger partial charge on any atom is -0.383 e. The van der Waals surface area contributed by atoms with E-state index in [4.69, 9.17) is 0 Å². The van der Waals surface area contributed by atoms with Crippen molar-refractivity contribution in [2.75, 3.05) is 11.9 Å². The summed E-state index contributed by atoms with van der Waals surface area (Å²) in [7, 11) is 0. The molecular weight excluding hydrogens is 270 g/mol. The molecule has 1 saturated carbocycles. The summed E-state index contributed by atoms with van der Waals surface area (Å²) in [5, 5.41) is 7.36. The third-order valence-electron chi connectivity index (χ3n) is 2.68. The van der Waals surface area contributed by atoms with Crippen LogP contribution in [0.5, 0.6) is 0 Å². The zero-order valence-electron chi connectivity index (χ0n) is 9.37. The smallest absolute Gasteiger partial charge is 0.283 e. The van der Waals surface area contributed by atoms with Crippen LogP contribution in [-0.2, 0) is 6.54 Å². The first-order valence-electron chi connectivity index (χ1n) is 5.72. The molecule has 1 aliphatic carbocycles. The first-order chi connectivity index (χ1) is 7.72. The number of rotatable bonds is 5. The van der Waals surface area contributed by atoms with Crippen LogP contribution in [0, 0.1) is 5.92 Å². The molecule has 1 heterocycles. The summed E-state index contributed by atoms with van der Waals surface area (Å²) in [4.78, 5) is 11.9. The van der Waals surface area contributed by atoms with Crippen molar-refractivity contribution in [1.29, 1.82) is 0 Å². The molecule has 0 unspecified atom stereocenters. The molecule has 0 amide bonds. The molecule has 1 aliphatic rings. The second kappa shape index (κ2) is 4.99. The predicted octanol–water partition coefficient (Wildman–Crippen LogP) is 2.24. The van der Waals surface area contributed by atoms with Crippen molar-refractivity contribution in [3.05, 3.63) is 21.0 Å². The van der Waals surface area contributed by atoms with Gasteiger partial charge in [0.25, 0.3) is 5.56 Å². The second-order valence-corrected chi connectivity index (χ2v) is 5.02. The summed E-state index contributed by atoms with van der Waals surface area (Å²) in [6.45, 7) is 3.69. The van der Waals surface area contributed by atoms with E-state index in [9.17, 15) is 4.79 Å². The van der Waals surface area contributed by atoms with Crippen molar-refractivity contribution in [3.63, 3.8) is 0 Å². The van der Waals surface area contributed by atoms with Crippen molar-refractivity contribution in [2.45, 2.75) is 32.7 Å². The van der Waals surface area contributed by atoms with Gasteiger partial charge >= 0.3 is 0 Å². The first kappa shape index (κ1) is 11.6. The molecule has 0 atom stereocenters. The molecule has 88 valence electrons. The second-order valence-electron chi connectivity index (χ2n) is 4.23. The van der Waals surface area contributed by atoms with Gasteiger partial charge in [-0.1, -0.05) is 6.92 Å². The Morgan fingerprint density at radius 3 is 3.00 bits per heavy atom. The van der Waals surface area contributed by atoms with Gasteiger partial charge in [0.15, 0.2) is 0 Å². The minimum absolute atomic E-state index is 0.0343. The van der Waals surface area contributed by atoms with E-state index in [1.807, 2.05) is 0 Å². The van der Waals surface area contributed by atoms with Crippen LogP contribution in [0.15, 0.2) is 15.5 Å². The van der Waals surface area contributed by atoms with Gasteiger partial charge < -0.3 is 5.32 Å². The molecule has 0 radical (unpaired) electrons. The summed E-state index contributed by atoms with van der Waals surface area (Å²) in [6, 6.07) is 0. The summed E-state index contributed by atoms with van der Waals surface area (Å²) >= 11 is 3.34. The monoisotopic (exact) mass is 285 g/mol. The van der Waals surface area contributed by atoms with Gasteiger partial charge in [-0.3, -0.25) is 4.79 Å². The van der Waals surface area contributed by atoms with E-state index >= 15 is 0 Å². The quantitative estimate of drug-likeness (QED) is 0.903. The Kier molecular flexibility index (Phi) is 3.63. The largest absolute Gasteiger partial charge is 0.383 e. The van der Waals surface area contributed by atoms with Crippen LogP contribution >= 0.6 is 15.9 Å². The standard InChI is InChI=1S/C11H16BrN3O/c1-2-5-13-9-6-14-15(7-8-3-4-8)11(16)10(9)12/h6,8,13H,2-5,7H2,1H3. The fraction of sp³-hybridized carbons (Fsp3) is 0.636. The highest BCUT2D eigenvalue weighted by molar-refractivity contribution is 9.10. The van der Waals surface area contributed by atoms with Crippen LogP contribution in [-0.4, -0.2) is 16.3 Å². The van der Waals surface area contributed by atoms with Gasteiger partial charge in [-0.2, -0.15) is 5.10 Å². The van der Waals surface area contributed by atoms with Crippen molar-refractivity contribution < 1.29 is 0 Å². The predicted molar refractivity (Wildman–Crippen MR) is 67.7 cm³/mol. The van der Waals surface area contributed by atoms with Gasteiger partial charge in [0.1, 0.15) is 4.47 Å². The Morgan fingerprint density at radius 1 is 1.62 bits per heavy atom. The molecule has 2 rings (SSSR count). The van der Waals surface area contributed by atoms with Gasteiger partial charge in [-0.15, -0.1) is 0 Å². The van der Waals surface area contributed by atoms with Gasteiger partial charge in [-0.25, -0.2) is 4.68 Å². The van der Waals surface area contributed by atoms with Crippen molar-refractivity contribution >= 4 is 21.6 Å². The molecule has 1 fully saturated rings. The van der Waals surface area contributed by atoms with E-state index < -0.39 is 0 Å². The Hall–Kier alpha value is -0.840. The average Bonchev–Trinajstić information content (AvgIpc) is 3.08. The molecule has 0 saturated heterocycles. The molecule has 1 aromatic rings. The highest BCUT2D eigenvalue weighted by Crippen LogP contribution is 2.30. The van der Waals surface area contributed by atoms with Crippen molar-refractivity contribution in [3.8, 4) is 0 Å². The Bertz CT molecular complexity index is 426. The SMILES string of the molecule is CCCNc1cnn(CC2CC2)c(=O)c1Br. The van der Waals surface area contributed by atoms with Crippen LogP contribution in [0.3, 0.4) is 0 Å². The van der Waals surface area contributed by atoms with E-state index in [2.05, 4.69) is 33.3 Å². The highest BCUT2D eigenvalue weighted by Gasteiger charge is 2.23. The number of aromatic nitrogens is 2. The number of anilines is 1. The van der Waals surface area contributed by atoms with E-state index in [1.165, 1.54) is 12.8 Å². The molecular formula is C11H16BrN3O. The minimum atomic E-state index is -0.0343. The van der Waals surface area contributed by atoms with Gasteiger partial charge in [0.05, 0.1) is 11.9 Å². The van der Waals surface area contributed by atoms with E-state index in [0.29, 0.717) is 10.4 Å². The van der Waals surface area contributed by atoms with Crippen molar-refractivity contribution in [2.24, 2.45) is 5.92 Å². The van der Waals surface area contributed by atoms with Gasteiger partial charge in [0.2, 0.25) is 0 Å². The van der Waals surface area contributed by atoms with Crippen LogP contribution in [0.25, 0.3) is 0 Å². The lowest BCUT2D eigenvalue weighted by atomic mass is 10.4. The topological polar surface area (TPSA) is 46.9 Å². The summed E-state index contributed by atoms with van der Waals surface area (Å²) < 4.78 is 2.15. The molecule has 0 aliphatic heterocycles. The van der Waals surface area contributed by atoms with E-state index in [0.717, 1.165) is 25.2 Å². The normalized spacial score (nSPS) is 15.1. The fourth-order valence-corrected chi connectivity index (χ4v) is 1.97. The summed E-state index contributed by atoms with van der Waals surface area (Å²) in [5.74, 6) is 0.659. The lowest BCUT2D eigenvalue weighted by Crippen LogP contribution is -2.25. The first-order valence-corrected chi connectivity index (χ1v) is 6.51. The fourth-order valence-electron chi connectivity index (χ4n) is 1.52. The highest BCUT2D eigenvalue weighted by atomic mass is 79.9. The molecule has 16 heavy (non-hydrogen) atoms. The third kappa shape index (κ3) is 2.64. The number of hydrogen-bond donors (Lipinski definition) is 1. The van der Waals surface area contributed by atoms with Crippen LogP contribution in [0.1, 0.15) is 26.2 Å². The summed E-state index contributed by atoms with van der Waals surface area (Å²) in [5.41, 5.74) is 0.756. The molecule has 5 heteroatoms. The molecule has 1 N–H and O–H groups in total. The number of nitrogens with zero attached hydrogens (tertiary/aromatic N) is 2. The van der Waals surface area contributed by atoms with Crippen molar-refractivity contribution in [1.82, 2.24) is 9.78 Å². The van der Waals surface area contributed by atoms with Gasteiger partial charge in [0, 0.05) is 13.1 Å². The Labute approximate surface area is 103 Å². The molecule has 1 aromatic heterocycles. The molecule has 0 bridgehead atoms. The maximum atomic E-state index is 11.9. The van der Waals surface area contributed by atoms with Crippen LogP contribution in [0.4, 0.5) is 5.69 Å². The molecule has 0 aromatic carbocycles. The number of nitrogens with one attached hydrogen (secondary N) is 1. The maximum Gasteiger partial charge on any atom is 0.283 e. The lowest BCUT2D eigenvalue weighted by molar-refractivity contribution is 0.532. The van der Waals surface area contributed by atoms with Crippen LogP contribution < -0.4 is 10.9 Å². The molecule has 0 spiro atoms. The van der Waals surface area contributed by atoms with Crippen LogP contribution in [0.2, 0.25) is 0 Å². The van der Waals surface area contributed by atoms with Gasteiger partial charge in [-0.05, 0) is 41.1 Å². The number of hydrogen-bond acceptors (Lipinski definition) is 3. The Morgan fingerprint density at radius 2 is 2.38 bits per heavy atom. The number of halogens is 1. The Balaban J connectivity index is 2.17. The summed E-state index contributed by atoms with van der Waals surface area (Å²) in [6.07, 6.45) is 5.20.